The Labute approximate surface area is 225 Å². The van der Waals surface area contributed by atoms with E-state index in [1.165, 1.54) is 25.7 Å². The maximum absolute atomic E-state index is 2.48. The van der Waals surface area contributed by atoms with Crippen LogP contribution in [0.1, 0.15) is 93.9 Å². The largest absolute Gasteiger partial charge is 0.0620 e. The predicted octanol–water partition coefficient (Wildman–Crippen LogP) is 8.92. The monoisotopic (exact) mass is 488 g/mol. The molecule has 38 heavy (non-hydrogen) atoms. The summed E-state index contributed by atoms with van der Waals surface area (Å²) in [6.07, 6.45) is 5.65. The van der Waals surface area contributed by atoms with Crippen molar-refractivity contribution >= 4 is 0 Å². The van der Waals surface area contributed by atoms with E-state index in [0.29, 0.717) is 35.5 Å². The van der Waals surface area contributed by atoms with Gasteiger partial charge >= 0.3 is 0 Å². The van der Waals surface area contributed by atoms with Gasteiger partial charge in [-0.25, -0.2) is 0 Å². The van der Waals surface area contributed by atoms with Crippen LogP contribution in [-0.4, -0.2) is 0 Å². The first-order chi connectivity index (χ1) is 18.9. The Morgan fingerprint density at radius 2 is 0.658 bits per heavy atom. The van der Waals surface area contributed by atoms with Crippen LogP contribution in [0, 0.1) is 23.7 Å². The van der Waals surface area contributed by atoms with Gasteiger partial charge in [0.25, 0.3) is 0 Å². The Morgan fingerprint density at radius 1 is 0.368 bits per heavy atom. The summed E-state index contributed by atoms with van der Waals surface area (Å²) in [6, 6.07) is 38.2. The molecule has 0 radical (unpaired) electrons. The summed E-state index contributed by atoms with van der Waals surface area (Å²) in [4.78, 5) is 0. The first-order valence-corrected chi connectivity index (χ1v) is 15.0. The summed E-state index contributed by atoms with van der Waals surface area (Å²) >= 11 is 0. The fraction of sp³-hybridized carbons (Fsp3) is 0.316. The average molecular weight is 489 g/mol. The summed E-state index contributed by atoms with van der Waals surface area (Å²) < 4.78 is 0. The third-order valence-corrected chi connectivity index (χ3v) is 11.8. The molecule has 0 N–H and O–H groups in total. The van der Waals surface area contributed by atoms with Crippen LogP contribution >= 0.6 is 0 Å². The van der Waals surface area contributed by atoms with Crippen molar-refractivity contribution in [3.05, 3.63) is 153 Å². The highest BCUT2D eigenvalue weighted by Crippen LogP contribution is 2.72. The zero-order valence-corrected chi connectivity index (χ0v) is 21.7. The molecule has 0 heterocycles. The first kappa shape index (κ1) is 20.6. The molecular formula is C38H32. The third kappa shape index (κ3) is 2.28. The smallest absolute Gasteiger partial charge is 0.0311 e. The second-order valence-electron chi connectivity index (χ2n) is 12.9. The summed E-state index contributed by atoms with van der Waals surface area (Å²) in [5.74, 6) is 4.84. The van der Waals surface area contributed by atoms with Crippen molar-refractivity contribution in [3.8, 4) is 0 Å². The van der Waals surface area contributed by atoms with Gasteiger partial charge in [-0.1, -0.05) is 121 Å². The molecule has 0 aromatic heterocycles. The van der Waals surface area contributed by atoms with Crippen molar-refractivity contribution in [1.29, 1.82) is 0 Å². The second-order valence-corrected chi connectivity index (χ2v) is 12.9. The molecule has 4 aromatic rings. The second kappa shape index (κ2) is 7.17. The fourth-order valence-corrected chi connectivity index (χ4v) is 10.8. The van der Waals surface area contributed by atoms with Crippen LogP contribution in [0.3, 0.4) is 0 Å². The van der Waals surface area contributed by atoms with Crippen molar-refractivity contribution in [2.24, 2.45) is 23.7 Å². The fourth-order valence-electron chi connectivity index (χ4n) is 10.8. The van der Waals surface area contributed by atoms with Crippen molar-refractivity contribution in [3.63, 3.8) is 0 Å². The van der Waals surface area contributed by atoms with Crippen molar-refractivity contribution in [2.45, 2.75) is 49.4 Å². The van der Waals surface area contributed by atoms with Crippen LogP contribution in [0.5, 0.6) is 0 Å². The lowest BCUT2D eigenvalue weighted by molar-refractivity contribution is 0.0815. The van der Waals surface area contributed by atoms with Crippen LogP contribution < -0.4 is 0 Å². The van der Waals surface area contributed by atoms with Crippen molar-refractivity contribution < 1.29 is 0 Å². The summed E-state index contributed by atoms with van der Waals surface area (Å²) in [6.45, 7) is 0. The number of benzene rings is 4. The molecule has 0 heteroatoms. The SMILES string of the molecule is c1ccc2c(c1)C1C3=C4C5c6ccccc6C(c6ccccc65)[C@@H]4[C@H]4CCCC[C@@H]4[C@H]3C2c2ccccc21. The van der Waals surface area contributed by atoms with E-state index >= 15 is 0 Å². The number of hydrogen-bond donors (Lipinski definition) is 0. The molecule has 4 atom stereocenters. The molecule has 0 unspecified atom stereocenters. The van der Waals surface area contributed by atoms with E-state index in [1.54, 1.807) is 44.5 Å². The van der Waals surface area contributed by atoms with E-state index in [-0.39, 0.29) is 0 Å². The molecule has 4 aromatic carbocycles. The van der Waals surface area contributed by atoms with Gasteiger partial charge in [0.1, 0.15) is 0 Å². The molecule has 8 aliphatic rings. The molecule has 4 bridgehead atoms. The van der Waals surface area contributed by atoms with Crippen molar-refractivity contribution in [1.82, 2.24) is 0 Å². The molecule has 1 fully saturated rings. The van der Waals surface area contributed by atoms with Gasteiger partial charge in [0.05, 0.1) is 0 Å². The number of rotatable bonds is 0. The first-order valence-electron chi connectivity index (χ1n) is 15.0. The Balaban J connectivity index is 1.36. The normalized spacial score (nSPS) is 34.3. The van der Waals surface area contributed by atoms with Gasteiger partial charge in [-0.05, 0) is 81.0 Å². The van der Waals surface area contributed by atoms with E-state index in [1.807, 2.05) is 11.1 Å². The van der Waals surface area contributed by atoms with Crippen LogP contribution in [0.25, 0.3) is 0 Å². The molecule has 0 nitrogen and oxygen atoms in total. The highest BCUT2D eigenvalue weighted by atomic mass is 14.6. The molecule has 8 aliphatic carbocycles. The van der Waals surface area contributed by atoms with Crippen LogP contribution in [0.2, 0.25) is 0 Å². The third-order valence-electron chi connectivity index (χ3n) is 11.8. The molecule has 12 rings (SSSR count). The van der Waals surface area contributed by atoms with Gasteiger partial charge in [0, 0.05) is 23.7 Å². The molecular weight excluding hydrogens is 456 g/mol. The van der Waals surface area contributed by atoms with E-state index in [9.17, 15) is 0 Å². The highest BCUT2D eigenvalue weighted by molar-refractivity contribution is 5.70. The van der Waals surface area contributed by atoms with Crippen molar-refractivity contribution in [2.75, 3.05) is 0 Å². The van der Waals surface area contributed by atoms with Gasteiger partial charge < -0.3 is 0 Å². The number of allylic oxidation sites excluding steroid dienone is 2. The minimum Gasteiger partial charge on any atom is -0.0620 e. The summed E-state index contributed by atoms with van der Waals surface area (Å²) in [5.41, 5.74) is 16.7. The molecule has 0 aliphatic heterocycles. The van der Waals surface area contributed by atoms with Gasteiger partial charge in [-0.2, -0.15) is 0 Å². The zero-order chi connectivity index (χ0) is 24.5. The molecule has 0 saturated heterocycles. The predicted molar refractivity (Wildman–Crippen MR) is 153 cm³/mol. The lowest BCUT2D eigenvalue weighted by Crippen LogP contribution is -2.52. The molecule has 184 valence electrons. The minimum atomic E-state index is 0.427. The van der Waals surface area contributed by atoms with Gasteiger partial charge in [-0.15, -0.1) is 0 Å². The standard InChI is InChI=1S/C38H32/c1-5-15-25-21(11-1)31-22-12-2-6-16-26(22)33(25)37-35(31)29-19-9-10-20-30(29)36-32-23-13-3-7-17-27(23)34(38(36)37)28-18-8-4-14-24(28)32/h1-8,11-18,29-36H,9-10,19-20H2/t29-,30-,31?,32?,33?,34?,35-,36-/m0/s1. The van der Waals surface area contributed by atoms with Gasteiger partial charge in [0.2, 0.25) is 0 Å². The van der Waals surface area contributed by atoms with Gasteiger partial charge in [-0.3, -0.25) is 0 Å². The number of fused-ring (bicyclic) bond motifs is 1. The summed E-state index contributed by atoms with van der Waals surface area (Å²) in [7, 11) is 0. The van der Waals surface area contributed by atoms with Crippen LogP contribution in [0.4, 0.5) is 0 Å². The quantitative estimate of drug-likeness (QED) is 0.217. The minimum absolute atomic E-state index is 0.427. The maximum Gasteiger partial charge on any atom is 0.0311 e. The Hall–Kier alpha value is -3.38. The number of hydrogen-bond acceptors (Lipinski definition) is 0. The lowest BCUT2D eigenvalue weighted by Gasteiger charge is -2.62. The summed E-state index contributed by atoms with van der Waals surface area (Å²) in [5, 5.41) is 0. The lowest BCUT2D eigenvalue weighted by atomic mass is 9.41. The average Bonchev–Trinajstić information content (AvgIpc) is 3.00. The van der Waals surface area contributed by atoms with E-state index < -0.39 is 0 Å². The van der Waals surface area contributed by atoms with Gasteiger partial charge in [0.15, 0.2) is 0 Å². The highest BCUT2D eigenvalue weighted by Gasteiger charge is 2.61. The van der Waals surface area contributed by atoms with E-state index in [0.717, 1.165) is 11.8 Å². The maximum atomic E-state index is 2.48. The van der Waals surface area contributed by atoms with E-state index in [2.05, 4.69) is 97.1 Å². The molecule has 0 spiro atoms. The van der Waals surface area contributed by atoms with Crippen LogP contribution in [-0.2, 0) is 0 Å². The Kier molecular flexibility index (Phi) is 3.88. The van der Waals surface area contributed by atoms with E-state index in [4.69, 9.17) is 0 Å². The zero-order valence-electron chi connectivity index (χ0n) is 21.7. The molecule has 1 saturated carbocycles. The topological polar surface area (TPSA) is 0 Å². The Bertz CT molecular complexity index is 1470. The molecule has 0 amide bonds. The van der Waals surface area contributed by atoms with Crippen LogP contribution in [0.15, 0.2) is 108 Å². The Morgan fingerprint density at radius 3 is 0.974 bits per heavy atom.